The minimum absolute atomic E-state index is 0.0181. The zero-order valence-electron chi connectivity index (χ0n) is 25.7. The molecule has 3 aliphatic heterocycles. The fourth-order valence-electron chi connectivity index (χ4n) is 7.49. The first kappa shape index (κ1) is 31.2. The number of phenolic OH excluding ortho intramolecular Hbond substituents is 1. The van der Waals surface area contributed by atoms with Gasteiger partial charge >= 0.3 is 12.2 Å². The molecule has 5 aromatic rings. The summed E-state index contributed by atoms with van der Waals surface area (Å²) >= 11 is 0. The van der Waals surface area contributed by atoms with Crippen LogP contribution in [0, 0.1) is 24.0 Å². The van der Waals surface area contributed by atoms with Crippen molar-refractivity contribution < 1.29 is 36.2 Å². The van der Waals surface area contributed by atoms with Crippen LogP contribution in [0.1, 0.15) is 36.3 Å². The number of benzene rings is 2. The van der Waals surface area contributed by atoms with Crippen LogP contribution in [0.5, 0.6) is 11.8 Å². The number of ether oxygens (including phenoxy) is 1. The highest BCUT2D eigenvalue weighted by Crippen LogP contribution is 2.42. The molecule has 2 fully saturated rings. The molecule has 0 aliphatic carbocycles. The molecule has 3 aromatic heterocycles. The molecule has 2 aromatic carbocycles. The Morgan fingerprint density at radius 2 is 1.94 bits per heavy atom. The number of hydrogen-bond acceptors (Lipinski definition) is 8. The van der Waals surface area contributed by atoms with E-state index in [4.69, 9.17) is 11.2 Å². The second kappa shape index (κ2) is 11.2. The van der Waals surface area contributed by atoms with Gasteiger partial charge in [0.1, 0.15) is 47.2 Å². The number of imidazole rings is 1. The number of halogens is 6. The quantitative estimate of drug-likeness (QED) is 0.179. The van der Waals surface area contributed by atoms with Crippen LogP contribution in [-0.4, -0.2) is 72.5 Å². The number of terminal acetylenes is 1. The first-order valence-electron chi connectivity index (χ1n) is 15.6. The summed E-state index contributed by atoms with van der Waals surface area (Å²) in [6.45, 7) is 1.29. The molecule has 6 heterocycles. The number of phenols is 1. The SMILES string of the molecule is C#Cc1c(F)ccc2cc(O)cc(-c3ncc4c(N5CCn6cc(C(F)(F)F)nc6C5)nc(OC[C@]56CCCN5C[C@@H](F)C6)nc4c3F)c12. The van der Waals surface area contributed by atoms with Gasteiger partial charge in [-0.05, 0) is 43.0 Å². The van der Waals surface area contributed by atoms with Gasteiger partial charge in [0.2, 0.25) is 0 Å². The molecule has 0 bridgehead atoms. The van der Waals surface area contributed by atoms with Crippen LogP contribution in [-0.2, 0) is 19.3 Å². The van der Waals surface area contributed by atoms with E-state index in [1.807, 2.05) is 4.90 Å². The first-order chi connectivity index (χ1) is 23.4. The van der Waals surface area contributed by atoms with Crippen molar-refractivity contribution in [1.82, 2.24) is 29.4 Å². The zero-order valence-corrected chi connectivity index (χ0v) is 25.7. The molecular formula is C34H27F6N7O2. The van der Waals surface area contributed by atoms with Crippen LogP contribution in [0.15, 0.2) is 36.7 Å². The van der Waals surface area contributed by atoms with Crippen molar-refractivity contribution in [2.24, 2.45) is 0 Å². The van der Waals surface area contributed by atoms with Crippen molar-refractivity contribution in [1.29, 1.82) is 0 Å². The van der Waals surface area contributed by atoms with Crippen molar-refractivity contribution in [3.05, 3.63) is 65.4 Å². The normalized spacial score (nSPS) is 20.9. The number of pyridine rings is 1. The Morgan fingerprint density at radius 1 is 1.10 bits per heavy atom. The van der Waals surface area contributed by atoms with Gasteiger partial charge in [0.25, 0.3) is 0 Å². The van der Waals surface area contributed by atoms with Gasteiger partial charge in [0.05, 0.1) is 23.0 Å². The molecule has 3 aliphatic rings. The molecule has 0 amide bonds. The molecule has 9 nitrogen and oxygen atoms in total. The lowest BCUT2D eigenvalue weighted by molar-refractivity contribution is -0.141. The maximum atomic E-state index is 16.8. The summed E-state index contributed by atoms with van der Waals surface area (Å²) in [7, 11) is 0. The highest BCUT2D eigenvalue weighted by atomic mass is 19.4. The average molecular weight is 680 g/mol. The topological polar surface area (TPSA) is 92.4 Å². The zero-order chi connectivity index (χ0) is 34.2. The Hall–Kier alpha value is -5.10. The number of rotatable bonds is 5. The van der Waals surface area contributed by atoms with E-state index in [0.29, 0.717) is 11.8 Å². The van der Waals surface area contributed by atoms with E-state index in [1.54, 1.807) is 4.90 Å². The number of alkyl halides is 4. The second-order valence-corrected chi connectivity index (χ2v) is 12.7. The summed E-state index contributed by atoms with van der Waals surface area (Å²) < 4.78 is 94.0. The van der Waals surface area contributed by atoms with Crippen molar-refractivity contribution in [3.63, 3.8) is 0 Å². The maximum Gasteiger partial charge on any atom is 0.434 e. The molecule has 252 valence electrons. The van der Waals surface area contributed by atoms with Crippen LogP contribution < -0.4 is 9.64 Å². The third kappa shape index (κ3) is 5.16. The summed E-state index contributed by atoms with van der Waals surface area (Å²) in [5.74, 6) is 0.670. The fraction of sp³-hybridized carbons (Fsp3) is 0.353. The predicted molar refractivity (Wildman–Crippen MR) is 167 cm³/mol. The third-order valence-corrected chi connectivity index (χ3v) is 9.72. The van der Waals surface area contributed by atoms with E-state index >= 15 is 4.39 Å². The van der Waals surface area contributed by atoms with Gasteiger partial charge in [0, 0.05) is 49.4 Å². The number of hydrogen-bond donors (Lipinski definition) is 1. The van der Waals surface area contributed by atoms with Crippen molar-refractivity contribution >= 4 is 27.5 Å². The smallest absolute Gasteiger partial charge is 0.434 e. The van der Waals surface area contributed by atoms with Crippen LogP contribution in [0.4, 0.5) is 32.2 Å². The van der Waals surface area contributed by atoms with E-state index in [0.717, 1.165) is 25.2 Å². The third-order valence-electron chi connectivity index (χ3n) is 9.72. The molecule has 2 atom stereocenters. The van der Waals surface area contributed by atoms with Crippen molar-refractivity contribution in [2.75, 3.05) is 31.1 Å². The van der Waals surface area contributed by atoms with E-state index in [9.17, 15) is 27.1 Å². The summed E-state index contributed by atoms with van der Waals surface area (Å²) in [5, 5.41) is 11.1. The number of fused-ring (bicyclic) bond motifs is 4. The van der Waals surface area contributed by atoms with Crippen molar-refractivity contribution in [3.8, 4) is 35.4 Å². The standard InChI is InChI=1S/C34H27F6N7O2/c1-2-21-24(36)5-4-18-10-20(48)11-22(27(18)21)29-28(37)30-23(13-41-29)31(46-9-8-45-15-25(34(38,39)40)42-26(45)16-46)44-32(43-30)49-17-33-6-3-7-47(33)14-19(35)12-33/h1,4-5,10-11,13,15,19,48H,3,6-9,12,14,16-17H2/t19-,33+/m0/s1. The van der Waals surface area contributed by atoms with E-state index in [2.05, 4.69) is 25.9 Å². The Labute approximate surface area is 275 Å². The average Bonchev–Trinajstić information content (AvgIpc) is 3.75. The predicted octanol–water partition coefficient (Wildman–Crippen LogP) is 6.00. The van der Waals surface area contributed by atoms with Gasteiger partial charge in [-0.2, -0.15) is 23.1 Å². The minimum Gasteiger partial charge on any atom is -0.508 e. The summed E-state index contributed by atoms with van der Waals surface area (Å²) in [6, 6.07) is 4.93. The molecule has 8 rings (SSSR count). The summed E-state index contributed by atoms with van der Waals surface area (Å²) in [5.41, 5.74) is -2.24. The van der Waals surface area contributed by atoms with E-state index in [1.165, 1.54) is 29.0 Å². The Balaban J connectivity index is 1.27. The molecule has 0 unspecified atom stereocenters. The fourth-order valence-corrected chi connectivity index (χ4v) is 7.49. The first-order valence-corrected chi connectivity index (χ1v) is 15.6. The monoisotopic (exact) mass is 679 g/mol. The van der Waals surface area contributed by atoms with Gasteiger partial charge in [-0.3, -0.25) is 9.88 Å². The molecule has 0 saturated carbocycles. The molecule has 0 radical (unpaired) electrons. The van der Waals surface area contributed by atoms with Gasteiger partial charge in [-0.25, -0.2) is 18.2 Å². The molecule has 49 heavy (non-hydrogen) atoms. The number of aromatic hydroxyl groups is 1. The minimum atomic E-state index is -4.63. The largest absolute Gasteiger partial charge is 0.508 e. The lowest BCUT2D eigenvalue weighted by Crippen LogP contribution is -2.43. The van der Waals surface area contributed by atoms with E-state index < -0.39 is 35.2 Å². The molecule has 2 saturated heterocycles. The van der Waals surface area contributed by atoms with E-state index in [-0.39, 0.29) is 95.7 Å². The lowest BCUT2D eigenvalue weighted by Gasteiger charge is -2.31. The Kier molecular flexibility index (Phi) is 7.15. The molecule has 1 N–H and O–H groups in total. The van der Waals surface area contributed by atoms with Crippen molar-refractivity contribution in [2.45, 2.75) is 50.2 Å². The molecule has 0 spiro atoms. The van der Waals surface area contributed by atoms with Gasteiger partial charge < -0.3 is 19.3 Å². The summed E-state index contributed by atoms with van der Waals surface area (Å²) in [6.07, 6.45) is 4.08. The highest BCUT2D eigenvalue weighted by molar-refractivity contribution is 6.03. The second-order valence-electron chi connectivity index (χ2n) is 12.7. The summed E-state index contributed by atoms with van der Waals surface area (Å²) in [4.78, 5) is 20.8. The maximum absolute atomic E-state index is 16.8. The number of nitrogens with zero attached hydrogens (tertiary/aromatic N) is 7. The van der Waals surface area contributed by atoms with Crippen LogP contribution in [0.25, 0.3) is 32.9 Å². The lowest BCUT2D eigenvalue weighted by atomic mass is 9.95. The number of anilines is 1. The van der Waals surface area contributed by atoms with Crippen LogP contribution >= 0.6 is 0 Å². The number of aromatic nitrogens is 5. The Morgan fingerprint density at radius 3 is 2.73 bits per heavy atom. The molecule has 15 heteroatoms. The molecular weight excluding hydrogens is 652 g/mol. The highest BCUT2D eigenvalue weighted by Gasteiger charge is 2.49. The van der Waals surface area contributed by atoms with Gasteiger partial charge in [0.15, 0.2) is 11.5 Å². The van der Waals surface area contributed by atoms with Gasteiger partial charge in [-0.15, -0.1) is 6.42 Å². The van der Waals surface area contributed by atoms with Gasteiger partial charge in [-0.1, -0.05) is 12.0 Å². The van der Waals surface area contributed by atoms with Crippen LogP contribution in [0.2, 0.25) is 0 Å². The van der Waals surface area contributed by atoms with Crippen LogP contribution in [0.3, 0.4) is 0 Å². The Bertz CT molecular complexity index is 2200.